The highest BCUT2D eigenvalue weighted by Gasteiger charge is 2.11. The summed E-state index contributed by atoms with van der Waals surface area (Å²) in [5.74, 6) is 0.791. The Morgan fingerprint density at radius 1 is 0.972 bits per heavy atom. The monoisotopic (exact) mass is 485 g/mol. The Morgan fingerprint density at radius 2 is 1.75 bits per heavy atom. The lowest BCUT2D eigenvalue weighted by Gasteiger charge is -2.14. The summed E-state index contributed by atoms with van der Waals surface area (Å²) >= 11 is 0. The molecule has 5 heteroatoms. The van der Waals surface area contributed by atoms with Gasteiger partial charge in [-0.2, -0.15) is 0 Å². The molecule has 3 aromatic rings. The number of benzene rings is 3. The van der Waals surface area contributed by atoms with Gasteiger partial charge in [-0.1, -0.05) is 36.4 Å². The number of hydrogen-bond acceptors (Lipinski definition) is 5. The number of rotatable bonds is 12. The Kier molecular flexibility index (Phi) is 9.86. The molecule has 0 aliphatic heterocycles. The first kappa shape index (κ1) is 27.2. The molecular weight excluding hydrogens is 446 g/mol. The highest BCUT2D eigenvalue weighted by Crippen LogP contribution is 2.28. The lowest BCUT2D eigenvalue weighted by atomic mass is 9.96. The molecule has 0 unspecified atom stereocenters. The van der Waals surface area contributed by atoms with E-state index in [-0.39, 0.29) is 5.78 Å². The average molecular weight is 486 g/mol. The number of ketones is 1. The first-order valence-corrected chi connectivity index (χ1v) is 12.4. The van der Waals surface area contributed by atoms with Gasteiger partial charge in [0.05, 0.1) is 7.11 Å². The predicted octanol–water partition coefficient (Wildman–Crippen LogP) is 5.99. The van der Waals surface area contributed by atoms with Crippen molar-refractivity contribution in [3.8, 4) is 16.9 Å². The molecule has 0 saturated carbocycles. The van der Waals surface area contributed by atoms with E-state index in [1.165, 1.54) is 5.56 Å². The van der Waals surface area contributed by atoms with Crippen LogP contribution in [-0.4, -0.2) is 64.0 Å². The van der Waals surface area contributed by atoms with Gasteiger partial charge in [-0.05, 0) is 112 Å². The van der Waals surface area contributed by atoms with Crippen LogP contribution in [0, 0.1) is 6.92 Å². The molecule has 0 bridgehead atoms. The molecule has 0 amide bonds. The molecule has 0 spiro atoms. The zero-order valence-corrected chi connectivity index (χ0v) is 22.5. The standard InChI is InChI=1S/C31H39N3O2/c1-23-10-7-8-11-30(23)25-18-26(20-28(19-25)32-16-9-17-33(2)3)31(35)15-13-24-12-14-29(36-6)21-27(24)22-34(4)5/h7-8,10-15,18-21,32H,9,16-17,22H2,1-6H3/b15-13+. The molecule has 3 aromatic carbocycles. The smallest absolute Gasteiger partial charge is 0.185 e. The molecule has 0 fully saturated rings. The fourth-order valence-corrected chi connectivity index (χ4v) is 4.16. The van der Waals surface area contributed by atoms with Crippen molar-refractivity contribution in [3.05, 3.63) is 89.0 Å². The first-order chi connectivity index (χ1) is 17.3. The Bertz CT molecular complexity index is 1200. The van der Waals surface area contributed by atoms with Gasteiger partial charge in [-0.25, -0.2) is 0 Å². The van der Waals surface area contributed by atoms with Crippen molar-refractivity contribution >= 4 is 17.5 Å². The molecule has 0 radical (unpaired) electrons. The molecular formula is C31H39N3O2. The molecule has 0 saturated heterocycles. The van der Waals surface area contributed by atoms with Crippen LogP contribution in [0.15, 0.2) is 66.7 Å². The van der Waals surface area contributed by atoms with Gasteiger partial charge < -0.3 is 19.9 Å². The predicted molar refractivity (Wildman–Crippen MR) is 152 cm³/mol. The molecule has 0 aliphatic rings. The molecule has 1 N–H and O–H groups in total. The fraction of sp³-hybridized carbons (Fsp3) is 0.323. The van der Waals surface area contributed by atoms with Crippen LogP contribution in [0.2, 0.25) is 0 Å². The summed E-state index contributed by atoms with van der Waals surface area (Å²) in [7, 11) is 9.88. The number of nitrogens with one attached hydrogen (secondary N) is 1. The lowest BCUT2D eigenvalue weighted by molar-refractivity contribution is 0.104. The number of nitrogens with zero attached hydrogens (tertiary/aromatic N) is 2. The van der Waals surface area contributed by atoms with Crippen molar-refractivity contribution in [3.63, 3.8) is 0 Å². The van der Waals surface area contributed by atoms with Gasteiger partial charge in [0.2, 0.25) is 0 Å². The number of aryl methyl sites for hydroxylation is 1. The summed E-state index contributed by atoms with van der Waals surface area (Å²) in [6, 6.07) is 20.3. The van der Waals surface area contributed by atoms with Crippen LogP contribution in [0.3, 0.4) is 0 Å². The number of carbonyl (C=O) groups is 1. The third-order valence-electron chi connectivity index (χ3n) is 6.04. The van der Waals surface area contributed by atoms with E-state index in [2.05, 4.69) is 54.3 Å². The van der Waals surface area contributed by atoms with Crippen LogP contribution >= 0.6 is 0 Å². The fourth-order valence-electron chi connectivity index (χ4n) is 4.16. The summed E-state index contributed by atoms with van der Waals surface area (Å²) in [6.45, 7) is 4.72. The molecule has 0 atom stereocenters. The van der Waals surface area contributed by atoms with Crippen LogP contribution in [-0.2, 0) is 6.54 Å². The van der Waals surface area contributed by atoms with E-state index < -0.39 is 0 Å². The van der Waals surface area contributed by atoms with Gasteiger partial charge in [0.25, 0.3) is 0 Å². The van der Waals surface area contributed by atoms with Gasteiger partial charge in [0, 0.05) is 24.3 Å². The van der Waals surface area contributed by atoms with Crippen LogP contribution in [0.1, 0.15) is 33.5 Å². The highest BCUT2D eigenvalue weighted by molar-refractivity contribution is 6.08. The summed E-state index contributed by atoms with van der Waals surface area (Å²) in [6.07, 6.45) is 4.61. The second kappa shape index (κ2) is 13.1. The molecule has 3 rings (SSSR count). The van der Waals surface area contributed by atoms with Gasteiger partial charge in [-0.15, -0.1) is 0 Å². The minimum absolute atomic E-state index is 0.0200. The Labute approximate surface area is 216 Å². The molecule has 190 valence electrons. The minimum Gasteiger partial charge on any atom is -0.497 e. The first-order valence-electron chi connectivity index (χ1n) is 12.4. The molecule has 0 aliphatic carbocycles. The van der Waals surface area contributed by atoms with Crippen LogP contribution < -0.4 is 10.1 Å². The van der Waals surface area contributed by atoms with E-state index in [1.54, 1.807) is 13.2 Å². The zero-order chi connectivity index (χ0) is 26.1. The molecule has 0 heterocycles. The average Bonchev–Trinajstić information content (AvgIpc) is 2.85. The van der Waals surface area contributed by atoms with E-state index in [0.29, 0.717) is 5.56 Å². The van der Waals surface area contributed by atoms with E-state index in [1.807, 2.05) is 62.6 Å². The van der Waals surface area contributed by atoms with Crippen LogP contribution in [0.25, 0.3) is 17.2 Å². The second-order valence-electron chi connectivity index (χ2n) is 9.70. The van der Waals surface area contributed by atoms with Crippen molar-refractivity contribution < 1.29 is 9.53 Å². The van der Waals surface area contributed by atoms with Crippen molar-refractivity contribution in [1.29, 1.82) is 0 Å². The van der Waals surface area contributed by atoms with E-state index in [9.17, 15) is 4.79 Å². The van der Waals surface area contributed by atoms with E-state index in [0.717, 1.165) is 59.7 Å². The number of carbonyl (C=O) groups excluding carboxylic acids is 1. The number of methoxy groups -OCH3 is 1. The van der Waals surface area contributed by atoms with Gasteiger partial charge in [-0.3, -0.25) is 4.79 Å². The van der Waals surface area contributed by atoms with Crippen LogP contribution in [0.5, 0.6) is 5.75 Å². The maximum atomic E-state index is 13.4. The van der Waals surface area contributed by atoms with Gasteiger partial charge >= 0.3 is 0 Å². The number of anilines is 1. The highest BCUT2D eigenvalue weighted by atomic mass is 16.5. The summed E-state index contributed by atoms with van der Waals surface area (Å²) in [5.41, 5.74) is 7.11. The summed E-state index contributed by atoms with van der Waals surface area (Å²) in [5, 5.41) is 3.52. The largest absolute Gasteiger partial charge is 0.497 e. The second-order valence-corrected chi connectivity index (χ2v) is 9.70. The maximum absolute atomic E-state index is 13.4. The Balaban J connectivity index is 1.91. The van der Waals surface area contributed by atoms with Gasteiger partial charge in [0.15, 0.2) is 5.78 Å². The van der Waals surface area contributed by atoms with Crippen molar-refractivity contribution in [2.45, 2.75) is 19.9 Å². The van der Waals surface area contributed by atoms with Crippen LogP contribution in [0.4, 0.5) is 5.69 Å². The number of hydrogen-bond donors (Lipinski definition) is 1. The van der Waals surface area contributed by atoms with Crippen molar-refractivity contribution in [1.82, 2.24) is 9.80 Å². The zero-order valence-electron chi connectivity index (χ0n) is 22.5. The lowest BCUT2D eigenvalue weighted by Crippen LogP contribution is -2.16. The minimum atomic E-state index is -0.0200. The normalized spacial score (nSPS) is 11.4. The van der Waals surface area contributed by atoms with Crippen molar-refractivity contribution in [2.24, 2.45) is 0 Å². The van der Waals surface area contributed by atoms with Crippen molar-refractivity contribution in [2.75, 3.05) is 53.7 Å². The number of allylic oxidation sites excluding steroid dienone is 1. The topological polar surface area (TPSA) is 44.8 Å². The molecule has 0 aromatic heterocycles. The molecule has 5 nitrogen and oxygen atoms in total. The quantitative estimate of drug-likeness (QED) is 0.194. The Hall–Kier alpha value is -3.41. The summed E-state index contributed by atoms with van der Waals surface area (Å²) < 4.78 is 5.40. The number of ether oxygens (including phenoxy) is 1. The third kappa shape index (κ3) is 7.80. The SMILES string of the molecule is COc1ccc(/C=C/C(=O)c2cc(NCCCN(C)C)cc(-c3ccccc3C)c2)c(CN(C)C)c1. The van der Waals surface area contributed by atoms with E-state index >= 15 is 0 Å². The van der Waals surface area contributed by atoms with E-state index in [4.69, 9.17) is 4.74 Å². The molecule has 36 heavy (non-hydrogen) atoms. The third-order valence-corrected chi connectivity index (χ3v) is 6.04. The Morgan fingerprint density at radius 3 is 2.44 bits per heavy atom. The van der Waals surface area contributed by atoms with Gasteiger partial charge in [0.1, 0.15) is 5.75 Å². The maximum Gasteiger partial charge on any atom is 0.185 e. The summed E-state index contributed by atoms with van der Waals surface area (Å²) in [4.78, 5) is 17.6.